The highest BCUT2D eigenvalue weighted by molar-refractivity contribution is 5.81. The molecule has 4 rings (SSSR count). The third-order valence-corrected chi connectivity index (χ3v) is 8.11. The van der Waals surface area contributed by atoms with Crippen LogP contribution in [0, 0.1) is 17.3 Å². The molecular formula is C26H39NO5. The van der Waals surface area contributed by atoms with Crippen molar-refractivity contribution in [2.75, 3.05) is 26.8 Å². The summed E-state index contributed by atoms with van der Waals surface area (Å²) in [6.07, 6.45) is 6.06. The maximum atomic E-state index is 13.2. The Labute approximate surface area is 191 Å². The number of hydrogen-bond donors (Lipinski definition) is 2. The minimum Gasteiger partial charge on any atom is -0.493 e. The fourth-order valence-electron chi connectivity index (χ4n) is 5.45. The standard InChI is InChI=1S/C26H39NO5/c1-17(28)26(2)16-27(25(30)24(29)19-7-5-4-6-8-19)14-21(26)20-11-12-22(31-3)23(13-20)32-15-18-9-10-18/h11-13,17-19,21,24,28-29H,4-10,14-16H2,1-3H3/t17-,21+,24-,26-/m1/s1. The number of nitrogens with zero attached hydrogens (tertiary/aromatic N) is 1. The number of likely N-dealkylation sites (tertiary alicyclic amines) is 1. The smallest absolute Gasteiger partial charge is 0.251 e. The van der Waals surface area contributed by atoms with E-state index in [1.807, 2.05) is 25.1 Å². The van der Waals surface area contributed by atoms with Crippen LogP contribution < -0.4 is 9.47 Å². The molecule has 3 aliphatic rings. The van der Waals surface area contributed by atoms with Crippen molar-refractivity contribution in [3.63, 3.8) is 0 Å². The van der Waals surface area contributed by atoms with Crippen LogP contribution in [0.25, 0.3) is 0 Å². The Morgan fingerprint density at radius 3 is 2.50 bits per heavy atom. The zero-order chi connectivity index (χ0) is 22.9. The molecule has 6 nitrogen and oxygen atoms in total. The second kappa shape index (κ2) is 9.60. The first-order chi connectivity index (χ1) is 15.3. The molecule has 1 aliphatic heterocycles. The number of methoxy groups -OCH3 is 1. The topological polar surface area (TPSA) is 79.2 Å². The van der Waals surface area contributed by atoms with Gasteiger partial charge in [0.25, 0.3) is 5.91 Å². The van der Waals surface area contributed by atoms with Gasteiger partial charge in [-0.25, -0.2) is 0 Å². The zero-order valence-corrected chi connectivity index (χ0v) is 19.8. The van der Waals surface area contributed by atoms with Gasteiger partial charge in [-0.3, -0.25) is 4.79 Å². The number of aliphatic hydroxyl groups excluding tert-OH is 2. The maximum Gasteiger partial charge on any atom is 0.251 e. The van der Waals surface area contributed by atoms with Gasteiger partial charge in [0.2, 0.25) is 0 Å². The first-order valence-electron chi connectivity index (χ1n) is 12.3. The summed E-state index contributed by atoms with van der Waals surface area (Å²) < 4.78 is 11.6. The molecule has 6 heteroatoms. The molecular weight excluding hydrogens is 406 g/mol. The van der Waals surface area contributed by atoms with Gasteiger partial charge in [-0.2, -0.15) is 0 Å². The van der Waals surface area contributed by atoms with Crippen LogP contribution in [0.4, 0.5) is 0 Å². The predicted octanol–water partition coefficient (Wildman–Crippen LogP) is 3.74. The quantitative estimate of drug-likeness (QED) is 0.637. The molecule has 2 N–H and O–H groups in total. The molecule has 1 saturated heterocycles. The van der Waals surface area contributed by atoms with Gasteiger partial charge >= 0.3 is 0 Å². The summed E-state index contributed by atoms with van der Waals surface area (Å²) in [4.78, 5) is 15.0. The Bertz CT molecular complexity index is 801. The number of carbonyl (C=O) groups excluding carboxylic acids is 1. The van der Waals surface area contributed by atoms with Crippen molar-refractivity contribution in [2.45, 2.75) is 76.9 Å². The third kappa shape index (κ3) is 4.76. The van der Waals surface area contributed by atoms with E-state index >= 15 is 0 Å². The van der Waals surface area contributed by atoms with Gasteiger partial charge in [-0.15, -0.1) is 0 Å². The van der Waals surface area contributed by atoms with Gasteiger partial charge in [0, 0.05) is 24.4 Å². The van der Waals surface area contributed by atoms with Crippen LogP contribution >= 0.6 is 0 Å². The molecule has 1 aromatic carbocycles. The summed E-state index contributed by atoms with van der Waals surface area (Å²) in [5, 5.41) is 21.5. The lowest BCUT2D eigenvalue weighted by atomic mass is 9.72. The molecule has 2 saturated carbocycles. The molecule has 1 heterocycles. The molecule has 178 valence electrons. The lowest BCUT2D eigenvalue weighted by molar-refractivity contribution is -0.143. The normalized spacial score (nSPS) is 28.4. The number of benzene rings is 1. The lowest BCUT2D eigenvalue weighted by Gasteiger charge is -2.34. The number of amides is 1. The summed E-state index contributed by atoms with van der Waals surface area (Å²) >= 11 is 0. The number of ether oxygens (including phenoxy) is 2. The fraction of sp³-hybridized carbons (Fsp3) is 0.731. The highest BCUT2D eigenvalue weighted by Gasteiger charge is 2.49. The van der Waals surface area contributed by atoms with Gasteiger partial charge in [0.1, 0.15) is 6.10 Å². The Kier molecular flexibility index (Phi) is 7.01. The Morgan fingerprint density at radius 1 is 1.16 bits per heavy atom. The second-order valence-corrected chi connectivity index (χ2v) is 10.5. The van der Waals surface area contributed by atoms with Gasteiger partial charge in [-0.1, -0.05) is 32.3 Å². The molecule has 3 fully saturated rings. The van der Waals surface area contributed by atoms with E-state index in [-0.39, 0.29) is 17.7 Å². The number of aliphatic hydroxyl groups is 2. The lowest BCUT2D eigenvalue weighted by Crippen LogP contribution is -2.44. The van der Waals surface area contributed by atoms with E-state index in [0.717, 1.165) is 37.0 Å². The molecule has 1 amide bonds. The molecule has 0 spiro atoms. The highest BCUT2D eigenvalue weighted by Crippen LogP contribution is 2.47. The molecule has 1 aromatic rings. The van der Waals surface area contributed by atoms with Gasteiger partial charge in [0.15, 0.2) is 11.5 Å². The molecule has 0 bridgehead atoms. The SMILES string of the molecule is COc1ccc([C@@H]2CN(C(=O)[C@H](O)C3CCCCC3)C[C@]2(C)[C@@H](C)O)cc1OCC1CC1. The van der Waals surface area contributed by atoms with Crippen LogP contribution in [0.2, 0.25) is 0 Å². The molecule has 0 unspecified atom stereocenters. The van der Waals surface area contributed by atoms with E-state index in [1.165, 1.54) is 19.3 Å². The summed E-state index contributed by atoms with van der Waals surface area (Å²) in [5.41, 5.74) is 0.520. The van der Waals surface area contributed by atoms with Gasteiger partial charge in [-0.05, 0) is 62.1 Å². The molecule has 0 aromatic heterocycles. The van der Waals surface area contributed by atoms with E-state index in [4.69, 9.17) is 9.47 Å². The minimum absolute atomic E-state index is 0.0523. The predicted molar refractivity (Wildman–Crippen MR) is 123 cm³/mol. The monoisotopic (exact) mass is 445 g/mol. The molecule has 2 aliphatic carbocycles. The summed E-state index contributed by atoms with van der Waals surface area (Å²) in [6, 6.07) is 5.94. The van der Waals surface area contributed by atoms with E-state index in [2.05, 4.69) is 0 Å². The average molecular weight is 446 g/mol. The van der Waals surface area contributed by atoms with Crippen LogP contribution in [0.1, 0.15) is 70.3 Å². The average Bonchev–Trinajstić information content (AvgIpc) is 3.57. The van der Waals surface area contributed by atoms with E-state index in [0.29, 0.717) is 31.4 Å². The Hall–Kier alpha value is -1.79. The van der Waals surface area contributed by atoms with Gasteiger partial charge < -0.3 is 24.6 Å². The van der Waals surface area contributed by atoms with E-state index < -0.39 is 17.6 Å². The summed E-state index contributed by atoms with van der Waals surface area (Å²) in [5.74, 6) is 1.86. The van der Waals surface area contributed by atoms with Crippen LogP contribution in [-0.4, -0.2) is 60.0 Å². The molecule has 0 radical (unpaired) electrons. The molecule has 4 atom stereocenters. The zero-order valence-electron chi connectivity index (χ0n) is 19.8. The number of hydrogen-bond acceptors (Lipinski definition) is 5. The third-order valence-electron chi connectivity index (χ3n) is 8.11. The Morgan fingerprint density at radius 2 is 1.88 bits per heavy atom. The van der Waals surface area contributed by atoms with Crippen molar-refractivity contribution in [1.29, 1.82) is 0 Å². The van der Waals surface area contributed by atoms with Crippen molar-refractivity contribution in [3.05, 3.63) is 23.8 Å². The van der Waals surface area contributed by atoms with Crippen molar-refractivity contribution >= 4 is 5.91 Å². The van der Waals surface area contributed by atoms with Crippen LogP contribution in [0.15, 0.2) is 18.2 Å². The van der Waals surface area contributed by atoms with Crippen molar-refractivity contribution in [2.24, 2.45) is 17.3 Å². The van der Waals surface area contributed by atoms with Crippen molar-refractivity contribution in [3.8, 4) is 11.5 Å². The minimum atomic E-state index is -0.944. The fourth-order valence-corrected chi connectivity index (χ4v) is 5.45. The second-order valence-electron chi connectivity index (χ2n) is 10.5. The van der Waals surface area contributed by atoms with E-state index in [9.17, 15) is 15.0 Å². The molecule has 32 heavy (non-hydrogen) atoms. The highest BCUT2D eigenvalue weighted by atomic mass is 16.5. The van der Waals surface area contributed by atoms with Crippen molar-refractivity contribution in [1.82, 2.24) is 4.90 Å². The van der Waals surface area contributed by atoms with E-state index in [1.54, 1.807) is 18.9 Å². The summed E-state index contributed by atoms with van der Waals surface area (Å²) in [7, 11) is 1.64. The van der Waals surface area contributed by atoms with Crippen LogP contribution in [0.3, 0.4) is 0 Å². The summed E-state index contributed by atoms with van der Waals surface area (Å²) in [6.45, 7) is 5.45. The first kappa shape index (κ1) is 23.4. The van der Waals surface area contributed by atoms with Crippen LogP contribution in [0.5, 0.6) is 11.5 Å². The number of rotatable bonds is 8. The largest absolute Gasteiger partial charge is 0.493 e. The first-order valence-corrected chi connectivity index (χ1v) is 12.3. The number of carbonyl (C=O) groups is 1. The van der Waals surface area contributed by atoms with Crippen LogP contribution in [-0.2, 0) is 4.79 Å². The van der Waals surface area contributed by atoms with Gasteiger partial charge in [0.05, 0.1) is 19.8 Å². The Balaban J connectivity index is 1.55. The maximum absolute atomic E-state index is 13.2. The van der Waals surface area contributed by atoms with Crippen molar-refractivity contribution < 1.29 is 24.5 Å².